The van der Waals surface area contributed by atoms with E-state index in [9.17, 15) is 29.7 Å². The molecule has 34 heavy (non-hydrogen) atoms. The number of carboxylic acid groups (broad SMARTS) is 2. The predicted octanol–water partition coefficient (Wildman–Crippen LogP) is 1.04. The Hall–Kier alpha value is -3.31. The Balaban J connectivity index is 1.86. The third-order valence-electron chi connectivity index (χ3n) is 4.75. The fourth-order valence-corrected chi connectivity index (χ4v) is 3.12. The van der Waals surface area contributed by atoms with E-state index in [1.165, 1.54) is 9.80 Å². The molecule has 0 radical (unpaired) electrons. The van der Waals surface area contributed by atoms with Crippen LogP contribution < -0.4 is 0 Å². The molecule has 10 heteroatoms. The molecule has 0 aliphatic heterocycles. The van der Waals surface area contributed by atoms with Gasteiger partial charge in [0.15, 0.2) is 6.29 Å². The first kappa shape index (κ1) is 26.9. The van der Waals surface area contributed by atoms with E-state index in [0.29, 0.717) is 0 Å². The van der Waals surface area contributed by atoms with Gasteiger partial charge in [0.2, 0.25) is 0 Å². The summed E-state index contributed by atoms with van der Waals surface area (Å²) in [6.07, 6.45) is -1.25. The summed E-state index contributed by atoms with van der Waals surface area (Å²) < 4.78 is 10.6. The van der Waals surface area contributed by atoms with Crippen molar-refractivity contribution in [2.75, 3.05) is 39.3 Å². The second-order valence-corrected chi connectivity index (χ2v) is 7.63. The van der Waals surface area contributed by atoms with Crippen LogP contribution in [0.5, 0.6) is 0 Å². The molecule has 0 saturated carbocycles. The van der Waals surface area contributed by atoms with E-state index in [4.69, 9.17) is 9.47 Å². The molecule has 0 spiro atoms. The summed E-state index contributed by atoms with van der Waals surface area (Å²) >= 11 is 0. The molecule has 0 bridgehead atoms. The minimum absolute atomic E-state index is 0.0661. The molecule has 0 aliphatic carbocycles. The van der Waals surface area contributed by atoms with Crippen LogP contribution in [0, 0.1) is 0 Å². The first-order valence-electron chi connectivity index (χ1n) is 10.7. The number of nitrogens with zero attached hydrogens (tertiary/aromatic N) is 2. The van der Waals surface area contributed by atoms with Gasteiger partial charge in [-0.3, -0.25) is 24.2 Å². The number of aliphatic carboxylic acids is 2. The highest BCUT2D eigenvalue weighted by Gasteiger charge is 2.20. The van der Waals surface area contributed by atoms with Crippen LogP contribution >= 0.6 is 0 Å². The number of aliphatic hydroxyl groups is 1. The lowest BCUT2D eigenvalue weighted by Gasteiger charge is -2.27. The van der Waals surface area contributed by atoms with Crippen molar-refractivity contribution in [3.05, 3.63) is 71.8 Å². The molecule has 0 heterocycles. The van der Waals surface area contributed by atoms with Gasteiger partial charge in [-0.05, 0) is 11.1 Å². The number of carbonyl (C=O) groups is 3. The van der Waals surface area contributed by atoms with Crippen molar-refractivity contribution in [1.29, 1.82) is 0 Å². The maximum atomic E-state index is 12.2. The van der Waals surface area contributed by atoms with Gasteiger partial charge in [-0.15, -0.1) is 0 Å². The zero-order valence-corrected chi connectivity index (χ0v) is 18.8. The van der Waals surface area contributed by atoms with Crippen LogP contribution in [0.1, 0.15) is 11.1 Å². The molecule has 0 fully saturated rings. The third kappa shape index (κ3) is 11.5. The van der Waals surface area contributed by atoms with Gasteiger partial charge in [0, 0.05) is 19.6 Å². The fourth-order valence-electron chi connectivity index (χ4n) is 3.12. The number of ether oxygens (including phenoxy) is 2. The van der Waals surface area contributed by atoms with Gasteiger partial charge in [0.05, 0.1) is 26.2 Å². The quantitative estimate of drug-likeness (QED) is 0.239. The number of benzene rings is 2. The minimum atomic E-state index is -1.25. The Kier molecular flexibility index (Phi) is 11.7. The van der Waals surface area contributed by atoms with Crippen molar-refractivity contribution in [2.24, 2.45) is 0 Å². The second-order valence-electron chi connectivity index (χ2n) is 7.63. The largest absolute Gasteiger partial charge is 0.480 e. The van der Waals surface area contributed by atoms with Gasteiger partial charge in [-0.25, -0.2) is 0 Å². The topological polar surface area (TPSA) is 137 Å². The molecular weight excluding hydrogens is 444 g/mol. The Morgan fingerprint density at radius 1 is 0.735 bits per heavy atom. The molecule has 0 amide bonds. The van der Waals surface area contributed by atoms with Crippen molar-refractivity contribution in [3.63, 3.8) is 0 Å². The highest BCUT2D eigenvalue weighted by atomic mass is 16.6. The molecule has 0 aliphatic rings. The monoisotopic (exact) mass is 474 g/mol. The van der Waals surface area contributed by atoms with Crippen molar-refractivity contribution in [3.8, 4) is 0 Å². The van der Waals surface area contributed by atoms with E-state index < -0.39 is 30.7 Å². The zero-order valence-electron chi connectivity index (χ0n) is 18.8. The predicted molar refractivity (Wildman–Crippen MR) is 122 cm³/mol. The Labute approximate surface area is 197 Å². The molecular formula is C24H30N2O8. The van der Waals surface area contributed by atoms with Gasteiger partial charge in [0.25, 0.3) is 0 Å². The molecule has 0 unspecified atom stereocenters. The van der Waals surface area contributed by atoms with E-state index in [1.807, 2.05) is 48.5 Å². The third-order valence-corrected chi connectivity index (χ3v) is 4.75. The molecule has 2 aromatic carbocycles. The van der Waals surface area contributed by atoms with Crippen molar-refractivity contribution >= 4 is 17.9 Å². The molecule has 0 saturated heterocycles. The highest BCUT2D eigenvalue weighted by molar-refractivity contribution is 5.74. The smallest absolute Gasteiger partial charge is 0.320 e. The lowest BCUT2D eigenvalue weighted by Crippen LogP contribution is -2.44. The molecule has 2 aromatic rings. The maximum Gasteiger partial charge on any atom is 0.320 e. The summed E-state index contributed by atoms with van der Waals surface area (Å²) in [5, 5.41) is 28.6. The Bertz CT molecular complexity index is 894. The van der Waals surface area contributed by atoms with Gasteiger partial charge >= 0.3 is 17.9 Å². The van der Waals surface area contributed by atoms with E-state index in [1.54, 1.807) is 12.1 Å². The molecule has 3 N–H and O–H groups in total. The molecule has 0 aromatic heterocycles. The Morgan fingerprint density at radius 2 is 1.24 bits per heavy atom. The van der Waals surface area contributed by atoms with Crippen LogP contribution in [-0.4, -0.2) is 88.6 Å². The second kappa shape index (κ2) is 14.8. The normalized spacial score (nSPS) is 12.0. The molecule has 184 valence electrons. The summed E-state index contributed by atoms with van der Waals surface area (Å²) in [6.45, 7) is -0.786. The van der Waals surface area contributed by atoms with Gasteiger partial charge in [-0.1, -0.05) is 60.7 Å². The SMILES string of the molecule is O=C(O)CN(CCN(CC(=O)O)C[C@@H](O)OCc1ccccc1)CC(=O)OCc1ccccc1. The number of carboxylic acids is 2. The first-order chi connectivity index (χ1) is 16.3. The minimum Gasteiger partial charge on any atom is -0.480 e. The molecule has 2 rings (SSSR count). The number of hydrogen-bond donors (Lipinski definition) is 3. The van der Waals surface area contributed by atoms with Crippen LogP contribution in [0.25, 0.3) is 0 Å². The van der Waals surface area contributed by atoms with Crippen molar-refractivity contribution in [1.82, 2.24) is 9.80 Å². The Morgan fingerprint density at radius 3 is 1.79 bits per heavy atom. The number of esters is 1. The average Bonchev–Trinajstić information content (AvgIpc) is 2.80. The highest BCUT2D eigenvalue weighted by Crippen LogP contribution is 2.05. The van der Waals surface area contributed by atoms with E-state index in [0.717, 1.165) is 11.1 Å². The fraction of sp³-hybridized carbons (Fsp3) is 0.375. The van der Waals surface area contributed by atoms with Crippen molar-refractivity contribution < 1.29 is 39.2 Å². The summed E-state index contributed by atoms with van der Waals surface area (Å²) in [4.78, 5) is 37.4. The zero-order chi connectivity index (χ0) is 24.8. The standard InChI is InChI=1S/C24H30N2O8/c27-21(28)13-25(15-23(31)33-17-19-7-3-1-4-8-19)11-12-26(14-22(29)30)16-24(32)34-18-20-9-5-2-6-10-20/h1-10,23,31H,11-18H2,(H,27,28)(H,29,30)/t23-/m0/s1. The summed E-state index contributed by atoms with van der Waals surface area (Å²) in [5.74, 6) is -2.84. The maximum absolute atomic E-state index is 12.2. The number of carbonyl (C=O) groups excluding carboxylic acids is 1. The average molecular weight is 475 g/mol. The lowest BCUT2D eigenvalue weighted by atomic mass is 10.2. The van der Waals surface area contributed by atoms with Gasteiger partial charge in [-0.2, -0.15) is 0 Å². The molecule has 1 atom stereocenters. The van der Waals surface area contributed by atoms with E-state index in [-0.39, 0.29) is 45.9 Å². The number of rotatable bonds is 16. The number of aliphatic hydroxyl groups excluding tert-OH is 1. The summed E-state index contributed by atoms with van der Waals surface area (Å²) in [6, 6.07) is 18.3. The summed E-state index contributed by atoms with van der Waals surface area (Å²) in [7, 11) is 0. The van der Waals surface area contributed by atoms with Crippen LogP contribution in [0.2, 0.25) is 0 Å². The van der Waals surface area contributed by atoms with Crippen LogP contribution in [0.15, 0.2) is 60.7 Å². The van der Waals surface area contributed by atoms with E-state index >= 15 is 0 Å². The first-order valence-corrected chi connectivity index (χ1v) is 10.7. The van der Waals surface area contributed by atoms with Crippen LogP contribution in [0.3, 0.4) is 0 Å². The lowest BCUT2D eigenvalue weighted by molar-refractivity contribution is -0.149. The van der Waals surface area contributed by atoms with Crippen LogP contribution in [0.4, 0.5) is 0 Å². The van der Waals surface area contributed by atoms with E-state index in [2.05, 4.69) is 0 Å². The van der Waals surface area contributed by atoms with Crippen LogP contribution in [-0.2, 0) is 37.1 Å². The van der Waals surface area contributed by atoms with Gasteiger partial charge < -0.3 is 24.8 Å². The molecule has 10 nitrogen and oxygen atoms in total. The van der Waals surface area contributed by atoms with Crippen molar-refractivity contribution in [2.45, 2.75) is 19.5 Å². The summed E-state index contributed by atoms with van der Waals surface area (Å²) in [5.41, 5.74) is 1.66. The van der Waals surface area contributed by atoms with Gasteiger partial charge in [0.1, 0.15) is 6.61 Å². The number of hydrogen-bond acceptors (Lipinski definition) is 8.